The molecule has 0 aliphatic heterocycles. The molecule has 0 saturated carbocycles. The molecule has 0 bridgehead atoms. The van der Waals surface area contributed by atoms with Gasteiger partial charge in [-0.1, -0.05) is 0 Å². The molecule has 0 radical (unpaired) electrons. The number of aromatic nitrogens is 6. The van der Waals surface area contributed by atoms with Gasteiger partial charge in [0.05, 0.1) is 5.69 Å². The Morgan fingerprint density at radius 3 is 2.17 bits per heavy atom. The lowest BCUT2D eigenvalue weighted by molar-refractivity contribution is -0.141. The molecule has 152 valence electrons. The van der Waals surface area contributed by atoms with Crippen molar-refractivity contribution in [2.45, 2.75) is 22.9 Å². The Labute approximate surface area is 172 Å². The zero-order chi connectivity index (χ0) is 21.1. The SMILES string of the molecule is Fc1ccc(-c2ccc(Sc3nnc(-c4ccncc4)n3CC(F)(F)F)nn2)cc1. The van der Waals surface area contributed by atoms with Crippen LogP contribution in [0.5, 0.6) is 0 Å². The lowest BCUT2D eigenvalue weighted by Crippen LogP contribution is -2.19. The van der Waals surface area contributed by atoms with Crippen LogP contribution in [0.1, 0.15) is 0 Å². The third-order valence-corrected chi connectivity index (χ3v) is 4.88. The Bertz CT molecular complexity index is 1130. The van der Waals surface area contributed by atoms with Crippen molar-refractivity contribution in [2.24, 2.45) is 0 Å². The normalized spacial score (nSPS) is 11.6. The minimum absolute atomic E-state index is 0.0305. The molecule has 30 heavy (non-hydrogen) atoms. The van der Waals surface area contributed by atoms with Crippen molar-refractivity contribution in [3.63, 3.8) is 0 Å². The van der Waals surface area contributed by atoms with Gasteiger partial charge in [0.15, 0.2) is 11.0 Å². The highest BCUT2D eigenvalue weighted by molar-refractivity contribution is 7.99. The third-order valence-electron chi connectivity index (χ3n) is 3.97. The van der Waals surface area contributed by atoms with Crippen molar-refractivity contribution in [2.75, 3.05) is 0 Å². The summed E-state index contributed by atoms with van der Waals surface area (Å²) < 4.78 is 53.5. The number of pyridine rings is 1. The van der Waals surface area contributed by atoms with E-state index in [0.29, 0.717) is 21.8 Å². The van der Waals surface area contributed by atoms with E-state index in [-0.39, 0.29) is 16.8 Å². The van der Waals surface area contributed by atoms with E-state index in [1.165, 1.54) is 24.5 Å². The largest absolute Gasteiger partial charge is 0.406 e. The fourth-order valence-electron chi connectivity index (χ4n) is 2.64. The summed E-state index contributed by atoms with van der Waals surface area (Å²) in [5.41, 5.74) is 1.64. The van der Waals surface area contributed by atoms with Crippen molar-refractivity contribution in [3.8, 4) is 22.6 Å². The van der Waals surface area contributed by atoms with Gasteiger partial charge in [0.25, 0.3) is 0 Å². The molecule has 4 aromatic rings. The molecule has 0 atom stereocenters. The van der Waals surface area contributed by atoms with Gasteiger partial charge in [0, 0.05) is 23.5 Å². The molecule has 4 rings (SSSR count). The van der Waals surface area contributed by atoms with E-state index in [1.54, 1.807) is 36.4 Å². The van der Waals surface area contributed by atoms with Crippen molar-refractivity contribution in [3.05, 3.63) is 66.7 Å². The molecule has 11 heteroatoms. The van der Waals surface area contributed by atoms with Crippen molar-refractivity contribution in [1.29, 1.82) is 0 Å². The lowest BCUT2D eigenvalue weighted by atomic mass is 10.1. The monoisotopic (exact) mass is 432 g/mol. The van der Waals surface area contributed by atoms with Crippen molar-refractivity contribution < 1.29 is 17.6 Å². The van der Waals surface area contributed by atoms with Gasteiger partial charge in [0.2, 0.25) is 0 Å². The smallest absolute Gasteiger partial charge is 0.293 e. The highest BCUT2D eigenvalue weighted by atomic mass is 32.2. The molecule has 0 spiro atoms. The van der Waals surface area contributed by atoms with E-state index in [9.17, 15) is 17.6 Å². The van der Waals surface area contributed by atoms with E-state index < -0.39 is 12.7 Å². The standard InChI is InChI=1S/C19H12F4N6S/c20-14-3-1-12(2-4-14)15-5-6-16(26-25-15)30-18-28-27-17(13-7-9-24-10-8-13)29(18)11-19(21,22)23/h1-10H,11H2. The van der Waals surface area contributed by atoms with Crippen LogP contribution in [0.4, 0.5) is 17.6 Å². The van der Waals surface area contributed by atoms with E-state index in [2.05, 4.69) is 25.4 Å². The van der Waals surface area contributed by atoms with Crippen LogP contribution in [0.3, 0.4) is 0 Å². The number of hydrogen-bond acceptors (Lipinski definition) is 6. The Balaban J connectivity index is 1.62. The van der Waals surface area contributed by atoms with Crippen LogP contribution < -0.4 is 0 Å². The molecule has 0 unspecified atom stereocenters. The summed E-state index contributed by atoms with van der Waals surface area (Å²) in [5.74, 6) is -0.291. The summed E-state index contributed by atoms with van der Waals surface area (Å²) in [6.07, 6.45) is -1.53. The van der Waals surface area contributed by atoms with Crippen molar-refractivity contribution in [1.82, 2.24) is 29.9 Å². The van der Waals surface area contributed by atoms with Crippen LogP contribution >= 0.6 is 11.8 Å². The first-order valence-corrected chi connectivity index (χ1v) is 9.38. The molecule has 0 fully saturated rings. The minimum Gasteiger partial charge on any atom is -0.293 e. The number of alkyl halides is 3. The van der Waals surface area contributed by atoms with Crippen LogP contribution in [0.25, 0.3) is 22.6 Å². The maximum atomic E-state index is 13.1. The fourth-order valence-corrected chi connectivity index (χ4v) is 3.39. The highest BCUT2D eigenvalue weighted by Gasteiger charge is 2.31. The van der Waals surface area contributed by atoms with Gasteiger partial charge in [-0.25, -0.2) is 4.39 Å². The number of nitrogens with zero attached hydrogens (tertiary/aromatic N) is 6. The molecule has 3 heterocycles. The first kappa shape index (κ1) is 20.0. The van der Waals surface area contributed by atoms with Gasteiger partial charge in [-0.15, -0.1) is 20.4 Å². The molecule has 0 aliphatic rings. The molecule has 6 nitrogen and oxygen atoms in total. The molecule has 0 saturated heterocycles. The second-order valence-corrected chi connectivity index (χ2v) is 7.10. The summed E-state index contributed by atoms with van der Waals surface area (Å²) in [5, 5.41) is 16.3. The molecular weight excluding hydrogens is 420 g/mol. The van der Waals surface area contributed by atoms with Gasteiger partial charge in [-0.05, 0) is 60.3 Å². The van der Waals surface area contributed by atoms with E-state index in [0.717, 1.165) is 16.3 Å². The second kappa shape index (κ2) is 8.19. The van der Waals surface area contributed by atoms with Crippen LogP contribution in [-0.4, -0.2) is 36.1 Å². The van der Waals surface area contributed by atoms with Gasteiger partial charge in [0.1, 0.15) is 17.4 Å². The first-order chi connectivity index (χ1) is 14.4. The first-order valence-electron chi connectivity index (χ1n) is 8.57. The topological polar surface area (TPSA) is 69.4 Å². The molecule has 0 amide bonds. The van der Waals surface area contributed by atoms with Gasteiger partial charge >= 0.3 is 6.18 Å². The maximum Gasteiger partial charge on any atom is 0.406 e. The summed E-state index contributed by atoms with van der Waals surface area (Å²) in [6, 6.07) is 12.1. The summed E-state index contributed by atoms with van der Waals surface area (Å²) in [6.45, 7) is -1.25. The Hall–Kier alpha value is -3.34. The average Bonchev–Trinajstić information content (AvgIpc) is 3.10. The molecule has 0 aliphatic carbocycles. The molecule has 1 aromatic carbocycles. The van der Waals surface area contributed by atoms with E-state index in [4.69, 9.17) is 0 Å². The zero-order valence-electron chi connectivity index (χ0n) is 15.1. The van der Waals surface area contributed by atoms with Crippen molar-refractivity contribution >= 4 is 11.8 Å². The van der Waals surface area contributed by atoms with Gasteiger partial charge < -0.3 is 0 Å². The fraction of sp³-hybridized carbons (Fsp3) is 0.105. The predicted molar refractivity (Wildman–Crippen MR) is 101 cm³/mol. The van der Waals surface area contributed by atoms with Gasteiger partial charge in [-0.3, -0.25) is 9.55 Å². The van der Waals surface area contributed by atoms with Crippen LogP contribution in [0.2, 0.25) is 0 Å². The summed E-state index contributed by atoms with van der Waals surface area (Å²) in [4.78, 5) is 3.86. The molecule has 0 N–H and O–H groups in total. The zero-order valence-corrected chi connectivity index (χ0v) is 15.9. The molecule has 3 aromatic heterocycles. The average molecular weight is 432 g/mol. The van der Waals surface area contributed by atoms with E-state index >= 15 is 0 Å². The van der Waals surface area contributed by atoms with Crippen LogP contribution in [-0.2, 0) is 6.54 Å². The number of rotatable bonds is 5. The van der Waals surface area contributed by atoms with Gasteiger partial charge in [-0.2, -0.15) is 13.2 Å². The lowest BCUT2D eigenvalue weighted by Gasteiger charge is -2.12. The van der Waals surface area contributed by atoms with Crippen LogP contribution in [0.15, 0.2) is 71.1 Å². The Kier molecular flexibility index (Phi) is 5.44. The Morgan fingerprint density at radius 2 is 1.53 bits per heavy atom. The minimum atomic E-state index is -4.46. The second-order valence-electron chi connectivity index (χ2n) is 6.11. The summed E-state index contributed by atoms with van der Waals surface area (Å²) in [7, 11) is 0. The van der Waals surface area contributed by atoms with E-state index in [1.807, 2.05) is 0 Å². The number of hydrogen-bond donors (Lipinski definition) is 0. The summed E-state index contributed by atoms with van der Waals surface area (Å²) >= 11 is 0.917. The predicted octanol–water partition coefficient (Wildman–Crippen LogP) is 4.65. The quantitative estimate of drug-likeness (QED) is 0.428. The highest BCUT2D eigenvalue weighted by Crippen LogP contribution is 2.31. The van der Waals surface area contributed by atoms with Crippen LogP contribution in [0, 0.1) is 5.82 Å². The number of halogens is 4. The maximum absolute atomic E-state index is 13.1. The number of benzene rings is 1. The third kappa shape index (κ3) is 4.62. The Morgan fingerprint density at radius 1 is 0.800 bits per heavy atom. The molecular formula is C19H12F4N6S.